The summed E-state index contributed by atoms with van der Waals surface area (Å²) < 4.78 is 10.6. The molecule has 0 bridgehead atoms. The van der Waals surface area contributed by atoms with Crippen LogP contribution in [-0.4, -0.2) is 47.1 Å². The van der Waals surface area contributed by atoms with E-state index in [9.17, 15) is 14.4 Å². The number of ether oxygens (including phenoxy) is 2. The van der Waals surface area contributed by atoms with Gasteiger partial charge in [0, 0.05) is 10.6 Å². The first kappa shape index (κ1) is 27.3. The molecule has 2 aromatic carbocycles. The van der Waals surface area contributed by atoms with Crippen molar-refractivity contribution in [3.8, 4) is 5.75 Å². The Morgan fingerprint density at radius 1 is 1.05 bits per heavy atom. The number of anilines is 2. The molecule has 3 aromatic rings. The number of thiophene rings is 1. The van der Waals surface area contributed by atoms with Gasteiger partial charge in [-0.1, -0.05) is 13.0 Å². The summed E-state index contributed by atoms with van der Waals surface area (Å²) >= 11 is 7.28. The molecule has 4 rings (SSSR count). The summed E-state index contributed by atoms with van der Waals surface area (Å²) in [4.78, 5) is 42.9. The van der Waals surface area contributed by atoms with Crippen molar-refractivity contribution in [1.29, 1.82) is 0 Å². The Morgan fingerprint density at radius 2 is 1.79 bits per heavy atom. The monoisotopic (exact) mass is 551 g/mol. The number of esters is 1. The van der Waals surface area contributed by atoms with Gasteiger partial charge in [0.1, 0.15) is 11.8 Å². The van der Waals surface area contributed by atoms with Crippen molar-refractivity contribution in [1.82, 2.24) is 4.90 Å². The molecule has 0 spiro atoms. The van der Waals surface area contributed by atoms with Gasteiger partial charge in [0.15, 0.2) is 5.11 Å². The summed E-state index contributed by atoms with van der Waals surface area (Å²) in [5, 5.41) is 5.13. The van der Waals surface area contributed by atoms with E-state index in [0.717, 1.165) is 17.0 Å². The molecule has 10 heteroatoms. The van der Waals surface area contributed by atoms with Crippen LogP contribution in [0.25, 0.3) is 0 Å². The molecule has 1 saturated heterocycles. The van der Waals surface area contributed by atoms with Crippen LogP contribution in [0.4, 0.5) is 11.4 Å². The van der Waals surface area contributed by atoms with Crippen LogP contribution in [0, 0.1) is 0 Å². The van der Waals surface area contributed by atoms with E-state index in [0.29, 0.717) is 35.2 Å². The van der Waals surface area contributed by atoms with E-state index in [-0.39, 0.29) is 24.8 Å². The third kappa shape index (κ3) is 6.38. The van der Waals surface area contributed by atoms with E-state index >= 15 is 0 Å². The fourth-order valence-electron chi connectivity index (χ4n) is 4.02. The molecule has 38 heavy (non-hydrogen) atoms. The Morgan fingerprint density at radius 3 is 2.42 bits per heavy atom. The van der Waals surface area contributed by atoms with Crippen molar-refractivity contribution in [2.24, 2.45) is 0 Å². The molecule has 0 radical (unpaired) electrons. The Balaban J connectivity index is 1.51. The lowest BCUT2D eigenvalue weighted by Gasteiger charge is -2.23. The molecule has 1 atom stereocenters. The van der Waals surface area contributed by atoms with E-state index in [1.54, 1.807) is 71.7 Å². The number of thiocarbonyl (C=S) groups is 1. The SMILES string of the molecule is CCCOc1ccc(NC(=O)C[C@@H]2C(=O)N(c3ccc(C(=O)OCC)cc3)C(=S)N2Cc2cccs2)cc1. The first-order valence-corrected chi connectivity index (χ1v) is 13.7. The van der Waals surface area contributed by atoms with E-state index in [2.05, 4.69) is 5.32 Å². The third-order valence-corrected chi connectivity index (χ3v) is 7.13. The van der Waals surface area contributed by atoms with Crippen molar-refractivity contribution in [2.45, 2.75) is 39.3 Å². The number of hydrogen-bond acceptors (Lipinski definition) is 7. The molecule has 2 amide bonds. The van der Waals surface area contributed by atoms with E-state index in [1.165, 1.54) is 4.90 Å². The average molecular weight is 552 g/mol. The first-order valence-electron chi connectivity index (χ1n) is 12.4. The molecule has 198 valence electrons. The summed E-state index contributed by atoms with van der Waals surface area (Å²) in [5.74, 6) is -0.306. The van der Waals surface area contributed by atoms with E-state index in [1.807, 2.05) is 24.4 Å². The third-order valence-electron chi connectivity index (χ3n) is 5.85. The fourth-order valence-corrected chi connectivity index (χ4v) is 5.11. The number of nitrogens with one attached hydrogen (secondary N) is 1. The average Bonchev–Trinajstić information content (AvgIpc) is 3.51. The van der Waals surface area contributed by atoms with Crippen molar-refractivity contribution in [3.05, 3.63) is 76.5 Å². The van der Waals surface area contributed by atoms with Crippen LogP contribution >= 0.6 is 23.6 Å². The Labute approximate surface area is 231 Å². The van der Waals surface area contributed by atoms with Gasteiger partial charge < -0.3 is 19.7 Å². The molecule has 0 aliphatic carbocycles. The maximum absolute atomic E-state index is 13.6. The van der Waals surface area contributed by atoms with Gasteiger partial charge in [-0.05, 0) is 85.5 Å². The van der Waals surface area contributed by atoms with Crippen LogP contribution < -0.4 is 15.0 Å². The Bertz CT molecular complexity index is 1280. The maximum Gasteiger partial charge on any atom is 0.338 e. The first-order chi connectivity index (χ1) is 18.4. The number of hydrogen-bond donors (Lipinski definition) is 1. The van der Waals surface area contributed by atoms with Gasteiger partial charge in [-0.15, -0.1) is 11.3 Å². The number of carbonyl (C=O) groups is 3. The second kappa shape index (κ2) is 12.7. The zero-order valence-electron chi connectivity index (χ0n) is 21.2. The molecule has 1 aliphatic heterocycles. The lowest BCUT2D eigenvalue weighted by molar-refractivity contribution is -0.124. The molecule has 2 heterocycles. The van der Waals surface area contributed by atoms with Gasteiger partial charge in [-0.3, -0.25) is 14.5 Å². The highest BCUT2D eigenvalue weighted by Gasteiger charge is 2.44. The molecular weight excluding hydrogens is 522 g/mol. The second-order valence-corrected chi connectivity index (χ2v) is 9.97. The predicted octanol–water partition coefficient (Wildman–Crippen LogP) is 5.24. The van der Waals surface area contributed by atoms with Crippen molar-refractivity contribution in [2.75, 3.05) is 23.4 Å². The topological polar surface area (TPSA) is 88.2 Å². The van der Waals surface area contributed by atoms with Crippen molar-refractivity contribution < 1.29 is 23.9 Å². The minimum absolute atomic E-state index is 0.0736. The summed E-state index contributed by atoms with van der Waals surface area (Å²) in [6.07, 6.45) is 0.833. The zero-order valence-corrected chi connectivity index (χ0v) is 22.8. The minimum Gasteiger partial charge on any atom is -0.494 e. The fraction of sp³-hybridized carbons (Fsp3) is 0.286. The number of benzene rings is 2. The predicted molar refractivity (Wildman–Crippen MR) is 152 cm³/mol. The van der Waals surface area contributed by atoms with Gasteiger partial charge >= 0.3 is 5.97 Å². The van der Waals surface area contributed by atoms with E-state index < -0.39 is 12.0 Å². The lowest BCUT2D eigenvalue weighted by atomic mass is 10.1. The number of rotatable bonds is 11. The molecule has 8 nitrogen and oxygen atoms in total. The van der Waals surface area contributed by atoms with Gasteiger partial charge in [0.05, 0.1) is 37.4 Å². The highest BCUT2D eigenvalue weighted by atomic mass is 32.1. The highest BCUT2D eigenvalue weighted by Crippen LogP contribution is 2.30. The molecular formula is C28H29N3O5S2. The smallest absolute Gasteiger partial charge is 0.338 e. The van der Waals surface area contributed by atoms with Gasteiger partial charge in [-0.2, -0.15) is 0 Å². The van der Waals surface area contributed by atoms with Gasteiger partial charge in [0.25, 0.3) is 5.91 Å². The van der Waals surface area contributed by atoms with Crippen LogP contribution in [0.5, 0.6) is 5.75 Å². The normalized spacial score (nSPS) is 15.1. The minimum atomic E-state index is -0.776. The molecule has 0 saturated carbocycles. The highest BCUT2D eigenvalue weighted by molar-refractivity contribution is 7.80. The second-order valence-electron chi connectivity index (χ2n) is 8.57. The molecule has 1 aromatic heterocycles. The number of nitrogens with zero attached hydrogens (tertiary/aromatic N) is 2. The number of carbonyl (C=O) groups excluding carboxylic acids is 3. The van der Waals surface area contributed by atoms with Crippen LogP contribution in [0.1, 0.15) is 41.9 Å². The molecule has 0 unspecified atom stereocenters. The van der Waals surface area contributed by atoms with Crippen LogP contribution in [0.2, 0.25) is 0 Å². The van der Waals surface area contributed by atoms with Crippen molar-refractivity contribution >= 4 is 57.8 Å². The quantitative estimate of drug-likeness (QED) is 0.257. The Hall–Kier alpha value is -3.76. The Kier molecular flexibility index (Phi) is 9.09. The largest absolute Gasteiger partial charge is 0.494 e. The lowest BCUT2D eigenvalue weighted by Crippen LogP contribution is -2.37. The summed E-state index contributed by atoms with van der Waals surface area (Å²) in [7, 11) is 0. The van der Waals surface area contributed by atoms with E-state index in [4.69, 9.17) is 21.7 Å². The molecule has 1 N–H and O–H groups in total. The van der Waals surface area contributed by atoms with Gasteiger partial charge in [0.2, 0.25) is 5.91 Å². The molecule has 1 aliphatic rings. The molecule has 1 fully saturated rings. The summed E-state index contributed by atoms with van der Waals surface area (Å²) in [6, 6.07) is 16.8. The maximum atomic E-state index is 13.6. The van der Waals surface area contributed by atoms with Gasteiger partial charge in [-0.25, -0.2) is 4.79 Å². The summed E-state index contributed by atoms with van der Waals surface area (Å²) in [5.41, 5.74) is 1.52. The van der Waals surface area contributed by atoms with Crippen molar-refractivity contribution in [3.63, 3.8) is 0 Å². The van der Waals surface area contributed by atoms with Crippen LogP contribution in [0.3, 0.4) is 0 Å². The zero-order chi connectivity index (χ0) is 27.1. The summed E-state index contributed by atoms with van der Waals surface area (Å²) in [6.45, 7) is 5.07. The van der Waals surface area contributed by atoms with Crippen LogP contribution in [-0.2, 0) is 20.9 Å². The standard InChI is InChI=1S/C28H29N3O5S2/c1-3-15-36-22-13-9-20(10-14-22)29-25(32)17-24-26(33)31(28(37)30(24)18-23-6-5-16-38-23)21-11-7-19(8-12-21)27(34)35-4-2/h5-14,16,24H,3-4,15,17-18H2,1-2H3,(H,29,32)/t24-/m1/s1. The number of amides is 2. The van der Waals surface area contributed by atoms with Crippen LogP contribution in [0.15, 0.2) is 66.0 Å².